The van der Waals surface area contributed by atoms with Gasteiger partial charge < -0.3 is 10.6 Å². The topological polar surface area (TPSA) is 46.3 Å². The lowest BCUT2D eigenvalue weighted by atomic mass is 9.90. The van der Waals surface area contributed by atoms with E-state index >= 15 is 0 Å². The first kappa shape index (κ1) is 14.9. The Bertz CT molecular complexity index is 473. The molecule has 0 aliphatic carbocycles. The van der Waals surface area contributed by atoms with Gasteiger partial charge in [-0.2, -0.15) is 0 Å². The monoisotopic (exact) mass is 282 g/mol. The van der Waals surface area contributed by atoms with Gasteiger partial charge in [0.05, 0.1) is 6.42 Å². The lowest BCUT2D eigenvalue weighted by Crippen LogP contribution is -2.49. The molecule has 1 saturated heterocycles. The first-order valence-electron chi connectivity index (χ1n) is 6.99. The fourth-order valence-corrected chi connectivity index (χ4v) is 2.67. The molecule has 1 aliphatic heterocycles. The molecule has 2 unspecified atom stereocenters. The van der Waals surface area contributed by atoms with Crippen molar-refractivity contribution in [3.8, 4) is 0 Å². The van der Waals surface area contributed by atoms with E-state index in [1.165, 1.54) is 18.2 Å². The van der Waals surface area contributed by atoms with Crippen LogP contribution in [0.25, 0.3) is 0 Å². The van der Waals surface area contributed by atoms with Crippen molar-refractivity contribution in [3.05, 3.63) is 35.4 Å². The molecule has 2 N–H and O–H groups in total. The van der Waals surface area contributed by atoms with Crippen LogP contribution in [0.15, 0.2) is 18.2 Å². The molecule has 1 aromatic rings. The fraction of sp³-hybridized carbons (Fsp3) is 0.533. The molecule has 0 radical (unpaired) electrons. The maximum atomic E-state index is 13.6. The second-order valence-electron chi connectivity index (χ2n) is 5.34. The van der Waals surface area contributed by atoms with E-state index in [0.29, 0.717) is 13.1 Å². The summed E-state index contributed by atoms with van der Waals surface area (Å²) in [7, 11) is 0. The van der Waals surface area contributed by atoms with Crippen LogP contribution in [0.5, 0.6) is 0 Å². The van der Waals surface area contributed by atoms with Crippen LogP contribution < -0.4 is 5.73 Å². The van der Waals surface area contributed by atoms with Crippen LogP contribution in [0.4, 0.5) is 8.78 Å². The highest BCUT2D eigenvalue weighted by molar-refractivity contribution is 5.79. The number of nitrogens with two attached hydrogens (primary N) is 1. The van der Waals surface area contributed by atoms with Gasteiger partial charge >= 0.3 is 0 Å². The van der Waals surface area contributed by atoms with E-state index in [4.69, 9.17) is 5.73 Å². The second-order valence-corrected chi connectivity index (χ2v) is 5.34. The average molecular weight is 282 g/mol. The largest absolute Gasteiger partial charge is 0.342 e. The van der Waals surface area contributed by atoms with Gasteiger partial charge in [-0.3, -0.25) is 4.79 Å². The summed E-state index contributed by atoms with van der Waals surface area (Å²) in [6.45, 7) is 3.17. The average Bonchev–Trinajstić information content (AvgIpc) is 2.43. The number of halogens is 2. The maximum Gasteiger partial charge on any atom is 0.227 e. The number of benzene rings is 1. The minimum Gasteiger partial charge on any atom is -0.342 e. The molecular weight excluding hydrogens is 262 g/mol. The molecule has 1 heterocycles. The molecule has 2 rings (SSSR count). The van der Waals surface area contributed by atoms with E-state index < -0.39 is 11.6 Å². The smallest absolute Gasteiger partial charge is 0.227 e. The number of carbonyl (C=O) groups excluding carboxylic acids is 1. The Morgan fingerprint density at radius 2 is 2.05 bits per heavy atom. The highest BCUT2D eigenvalue weighted by Gasteiger charge is 2.28. The van der Waals surface area contributed by atoms with E-state index in [0.717, 1.165) is 12.8 Å². The summed E-state index contributed by atoms with van der Waals surface area (Å²) < 4.78 is 27.1. The number of hydrogen-bond acceptors (Lipinski definition) is 2. The van der Waals surface area contributed by atoms with Crippen LogP contribution in [-0.4, -0.2) is 29.9 Å². The van der Waals surface area contributed by atoms with E-state index in [9.17, 15) is 13.6 Å². The summed E-state index contributed by atoms with van der Waals surface area (Å²) in [5, 5.41) is 0. The Balaban J connectivity index is 2.05. The highest BCUT2D eigenvalue weighted by atomic mass is 19.1. The standard InChI is InChI=1S/C15H20F2N2O/c1-2-10-9-19(7-6-14(10)18)15(20)8-11-12(16)4-3-5-13(11)17/h3-5,10,14H,2,6-9,18H2,1H3. The van der Waals surface area contributed by atoms with Gasteiger partial charge in [0.2, 0.25) is 5.91 Å². The molecule has 0 spiro atoms. The van der Waals surface area contributed by atoms with E-state index in [1.54, 1.807) is 4.90 Å². The van der Waals surface area contributed by atoms with Gasteiger partial charge in [-0.05, 0) is 24.5 Å². The Kier molecular flexibility index (Phi) is 4.70. The lowest BCUT2D eigenvalue weighted by Gasteiger charge is -2.36. The van der Waals surface area contributed by atoms with E-state index in [2.05, 4.69) is 0 Å². The van der Waals surface area contributed by atoms with Crippen molar-refractivity contribution in [2.75, 3.05) is 13.1 Å². The van der Waals surface area contributed by atoms with Crippen molar-refractivity contribution in [2.24, 2.45) is 11.7 Å². The minimum atomic E-state index is -0.667. The zero-order valence-electron chi connectivity index (χ0n) is 11.6. The van der Waals surface area contributed by atoms with Crippen molar-refractivity contribution in [3.63, 3.8) is 0 Å². The van der Waals surface area contributed by atoms with Gasteiger partial charge in [0.25, 0.3) is 0 Å². The molecule has 1 amide bonds. The molecule has 0 bridgehead atoms. The van der Waals surface area contributed by atoms with Crippen molar-refractivity contribution in [1.29, 1.82) is 0 Å². The molecule has 5 heteroatoms. The fourth-order valence-electron chi connectivity index (χ4n) is 2.67. The third-order valence-corrected chi connectivity index (χ3v) is 4.06. The molecule has 20 heavy (non-hydrogen) atoms. The number of nitrogens with zero attached hydrogens (tertiary/aromatic N) is 1. The Hall–Kier alpha value is -1.49. The SMILES string of the molecule is CCC1CN(C(=O)Cc2c(F)cccc2F)CCC1N. The molecule has 1 aliphatic rings. The molecule has 1 aromatic carbocycles. The second kappa shape index (κ2) is 6.31. The summed E-state index contributed by atoms with van der Waals surface area (Å²) in [6, 6.07) is 3.75. The van der Waals surface area contributed by atoms with Gasteiger partial charge in [-0.15, -0.1) is 0 Å². The molecule has 2 atom stereocenters. The molecule has 110 valence electrons. The summed E-state index contributed by atoms with van der Waals surface area (Å²) in [6.07, 6.45) is 1.41. The van der Waals surface area contributed by atoms with Gasteiger partial charge in [0, 0.05) is 24.7 Å². The van der Waals surface area contributed by atoms with Crippen LogP contribution in [0.1, 0.15) is 25.3 Å². The number of amides is 1. The van der Waals surface area contributed by atoms with Crippen LogP contribution in [-0.2, 0) is 11.2 Å². The van der Waals surface area contributed by atoms with Crippen LogP contribution in [0.2, 0.25) is 0 Å². The van der Waals surface area contributed by atoms with Crippen LogP contribution in [0.3, 0.4) is 0 Å². The summed E-state index contributed by atoms with van der Waals surface area (Å²) in [4.78, 5) is 13.9. The van der Waals surface area contributed by atoms with Crippen molar-refractivity contribution in [2.45, 2.75) is 32.2 Å². The molecular formula is C15H20F2N2O. The number of carbonyl (C=O) groups is 1. The lowest BCUT2D eigenvalue weighted by molar-refractivity contribution is -0.132. The van der Waals surface area contributed by atoms with Crippen molar-refractivity contribution in [1.82, 2.24) is 4.90 Å². The third kappa shape index (κ3) is 3.15. The third-order valence-electron chi connectivity index (χ3n) is 4.06. The van der Waals surface area contributed by atoms with Crippen LogP contribution >= 0.6 is 0 Å². The zero-order chi connectivity index (χ0) is 14.7. The van der Waals surface area contributed by atoms with Gasteiger partial charge in [-0.25, -0.2) is 8.78 Å². The zero-order valence-corrected chi connectivity index (χ0v) is 11.6. The van der Waals surface area contributed by atoms with Gasteiger partial charge in [0.15, 0.2) is 0 Å². The summed E-state index contributed by atoms with van der Waals surface area (Å²) in [5.41, 5.74) is 5.84. The summed E-state index contributed by atoms with van der Waals surface area (Å²) in [5.74, 6) is -1.31. The van der Waals surface area contributed by atoms with Crippen molar-refractivity contribution >= 4 is 5.91 Å². The van der Waals surface area contributed by atoms with Gasteiger partial charge in [-0.1, -0.05) is 19.4 Å². The van der Waals surface area contributed by atoms with Crippen LogP contribution in [0, 0.1) is 17.6 Å². The minimum absolute atomic E-state index is 0.106. The number of piperidine rings is 1. The first-order chi connectivity index (χ1) is 9.52. The van der Waals surface area contributed by atoms with Crippen molar-refractivity contribution < 1.29 is 13.6 Å². The summed E-state index contributed by atoms with van der Waals surface area (Å²) >= 11 is 0. The molecule has 0 saturated carbocycles. The number of rotatable bonds is 3. The van der Waals surface area contributed by atoms with E-state index in [-0.39, 0.29) is 29.9 Å². The first-order valence-corrected chi connectivity index (χ1v) is 6.99. The number of likely N-dealkylation sites (tertiary alicyclic amines) is 1. The highest BCUT2D eigenvalue weighted by Crippen LogP contribution is 2.20. The van der Waals surface area contributed by atoms with E-state index in [1.807, 2.05) is 6.92 Å². The maximum absolute atomic E-state index is 13.6. The quantitative estimate of drug-likeness (QED) is 0.922. The normalized spacial score (nSPS) is 22.9. The number of hydrogen-bond donors (Lipinski definition) is 1. The molecule has 1 fully saturated rings. The Morgan fingerprint density at radius 1 is 1.40 bits per heavy atom. The molecule has 0 aromatic heterocycles. The predicted molar refractivity (Wildman–Crippen MR) is 73.0 cm³/mol. The molecule has 3 nitrogen and oxygen atoms in total. The Labute approximate surface area is 117 Å². The predicted octanol–water partition coefficient (Wildman–Crippen LogP) is 2.09. The Morgan fingerprint density at radius 3 is 2.65 bits per heavy atom. The van der Waals surface area contributed by atoms with Gasteiger partial charge in [0.1, 0.15) is 11.6 Å².